The van der Waals surface area contributed by atoms with Gasteiger partial charge in [-0.05, 0) is 56.7 Å². The summed E-state index contributed by atoms with van der Waals surface area (Å²) in [5.41, 5.74) is 1.55. The fourth-order valence-electron chi connectivity index (χ4n) is 3.31. The van der Waals surface area contributed by atoms with Crippen LogP contribution in [-0.4, -0.2) is 41.8 Å². The molecule has 7 nitrogen and oxygen atoms in total. The maximum atomic E-state index is 12.2. The van der Waals surface area contributed by atoms with E-state index in [1.54, 1.807) is 4.90 Å². The quantitative estimate of drug-likeness (QED) is 0.807. The zero-order valence-electron chi connectivity index (χ0n) is 15.4. The fourth-order valence-corrected chi connectivity index (χ4v) is 3.31. The Morgan fingerprint density at radius 3 is 2.46 bits per heavy atom. The van der Waals surface area contributed by atoms with E-state index in [2.05, 4.69) is 10.3 Å². The molecule has 0 saturated carbocycles. The van der Waals surface area contributed by atoms with E-state index in [9.17, 15) is 9.59 Å². The average Bonchev–Trinajstić information content (AvgIpc) is 3.08. The maximum Gasteiger partial charge on any atom is 0.495 e. The van der Waals surface area contributed by atoms with Gasteiger partial charge < -0.3 is 14.3 Å². The first-order valence-corrected chi connectivity index (χ1v) is 8.76. The molecule has 2 N–H and O–H groups in total. The minimum Gasteiger partial charge on any atom is -0.399 e. The average molecular weight is 355 g/mol. The maximum absolute atomic E-state index is 12.2. The van der Waals surface area contributed by atoms with Crippen LogP contribution in [0.4, 0.5) is 10.5 Å². The molecule has 1 aromatic carbocycles. The van der Waals surface area contributed by atoms with Gasteiger partial charge in [-0.3, -0.25) is 15.0 Å². The number of anilines is 1. The van der Waals surface area contributed by atoms with Crippen LogP contribution in [0.25, 0.3) is 10.9 Å². The highest BCUT2D eigenvalue weighted by Gasteiger charge is 2.52. The van der Waals surface area contributed by atoms with Crippen LogP contribution in [0, 0.1) is 0 Å². The lowest BCUT2D eigenvalue weighted by molar-refractivity contribution is -0.120. The van der Waals surface area contributed by atoms with Gasteiger partial charge in [-0.15, -0.1) is 0 Å². The van der Waals surface area contributed by atoms with Gasteiger partial charge in [-0.2, -0.15) is 0 Å². The van der Waals surface area contributed by atoms with Crippen LogP contribution < -0.4 is 15.7 Å². The molecule has 0 radical (unpaired) electrons. The predicted molar refractivity (Wildman–Crippen MR) is 99.5 cm³/mol. The normalized spacial score (nSPS) is 22.2. The predicted octanol–water partition coefficient (Wildman–Crippen LogP) is 1.91. The Labute approximate surface area is 152 Å². The van der Waals surface area contributed by atoms with Crippen molar-refractivity contribution in [3.05, 3.63) is 24.4 Å². The second-order valence-electron chi connectivity index (χ2n) is 7.82. The van der Waals surface area contributed by atoms with E-state index in [1.165, 1.54) is 0 Å². The molecule has 26 heavy (non-hydrogen) atoms. The Morgan fingerprint density at radius 2 is 1.81 bits per heavy atom. The van der Waals surface area contributed by atoms with Crippen LogP contribution in [0.2, 0.25) is 0 Å². The Bertz CT molecular complexity index is 889. The second-order valence-corrected chi connectivity index (χ2v) is 7.82. The van der Waals surface area contributed by atoms with Gasteiger partial charge in [0, 0.05) is 30.4 Å². The zero-order valence-corrected chi connectivity index (χ0v) is 15.4. The van der Waals surface area contributed by atoms with Gasteiger partial charge in [0.05, 0.1) is 11.2 Å². The van der Waals surface area contributed by atoms with Crippen LogP contribution in [0.15, 0.2) is 24.4 Å². The van der Waals surface area contributed by atoms with E-state index < -0.39 is 24.4 Å². The van der Waals surface area contributed by atoms with Gasteiger partial charge in [0.2, 0.25) is 5.91 Å². The minimum atomic E-state index is -0.535. The molecule has 0 unspecified atom stereocenters. The first-order chi connectivity index (χ1) is 12.2. The van der Waals surface area contributed by atoms with Crippen molar-refractivity contribution in [1.82, 2.24) is 10.3 Å². The summed E-state index contributed by atoms with van der Waals surface area (Å²) in [5.74, 6) is -0.251. The topological polar surface area (TPSA) is 83.7 Å². The lowest BCUT2D eigenvalue weighted by Gasteiger charge is -2.32. The van der Waals surface area contributed by atoms with Crippen molar-refractivity contribution in [2.45, 2.75) is 45.3 Å². The Hall–Kier alpha value is -2.32. The third kappa shape index (κ3) is 2.60. The first-order valence-electron chi connectivity index (χ1n) is 8.76. The van der Waals surface area contributed by atoms with E-state index in [0.29, 0.717) is 12.2 Å². The highest BCUT2D eigenvalue weighted by atomic mass is 16.7. The number of rotatable bonds is 2. The van der Waals surface area contributed by atoms with Gasteiger partial charge in [0.1, 0.15) is 0 Å². The van der Waals surface area contributed by atoms with Crippen LogP contribution in [0.3, 0.4) is 0 Å². The van der Waals surface area contributed by atoms with Gasteiger partial charge in [0.15, 0.2) is 0 Å². The van der Waals surface area contributed by atoms with Crippen molar-refractivity contribution >= 4 is 41.1 Å². The SMILES string of the molecule is CC1(C)OB(c2cc(N3CCC(=O)NC3=O)cc3[nH]ccc23)OC1(C)C. The van der Waals surface area contributed by atoms with Crippen molar-refractivity contribution in [1.29, 1.82) is 0 Å². The summed E-state index contributed by atoms with van der Waals surface area (Å²) < 4.78 is 12.4. The standard InChI is InChI=1S/C18H22BN3O4/c1-17(2)18(3,4)26-19(25-17)13-9-11(10-14-12(13)5-7-20-14)22-8-6-15(23)21-16(22)24/h5,7,9-10,20H,6,8H2,1-4H3,(H,21,23,24). The van der Waals surface area contributed by atoms with Crippen molar-refractivity contribution in [3.8, 4) is 0 Å². The number of aromatic nitrogens is 1. The molecule has 0 aliphatic carbocycles. The van der Waals surface area contributed by atoms with Crippen LogP contribution >= 0.6 is 0 Å². The van der Waals surface area contributed by atoms with Crippen LogP contribution in [-0.2, 0) is 14.1 Å². The summed E-state index contributed by atoms with van der Waals surface area (Å²) in [4.78, 5) is 28.4. The van der Waals surface area contributed by atoms with E-state index in [4.69, 9.17) is 9.31 Å². The van der Waals surface area contributed by atoms with Crippen molar-refractivity contribution < 1.29 is 18.9 Å². The Morgan fingerprint density at radius 1 is 1.12 bits per heavy atom. The van der Waals surface area contributed by atoms with Crippen LogP contribution in [0.5, 0.6) is 0 Å². The van der Waals surface area contributed by atoms with Gasteiger partial charge in [-0.1, -0.05) is 0 Å². The molecule has 2 aliphatic rings. The number of urea groups is 1. The molecular formula is C18H22BN3O4. The monoisotopic (exact) mass is 355 g/mol. The summed E-state index contributed by atoms with van der Waals surface area (Å²) in [7, 11) is -0.535. The number of hydrogen-bond acceptors (Lipinski definition) is 4. The molecule has 8 heteroatoms. The van der Waals surface area contributed by atoms with Crippen molar-refractivity contribution in [2.24, 2.45) is 0 Å². The number of H-pyrrole nitrogens is 1. The molecule has 0 bridgehead atoms. The molecule has 3 amide bonds. The zero-order chi connectivity index (χ0) is 18.7. The lowest BCUT2D eigenvalue weighted by Crippen LogP contribution is -2.50. The molecule has 0 spiro atoms. The molecule has 2 saturated heterocycles. The Balaban J connectivity index is 1.77. The number of hydrogen-bond donors (Lipinski definition) is 2. The fraction of sp³-hybridized carbons (Fsp3) is 0.444. The number of fused-ring (bicyclic) bond motifs is 1. The van der Waals surface area contributed by atoms with E-state index in [1.807, 2.05) is 52.1 Å². The highest BCUT2D eigenvalue weighted by Crippen LogP contribution is 2.37. The number of nitrogens with one attached hydrogen (secondary N) is 2. The number of imide groups is 1. The summed E-state index contributed by atoms with van der Waals surface area (Å²) in [5, 5.41) is 3.35. The Kier molecular flexibility index (Phi) is 3.68. The van der Waals surface area contributed by atoms with E-state index in [0.717, 1.165) is 16.4 Å². The summed E-state index contributed by atoms with van der Waals surface area (Å²) in [6.07, 6.45) is 2.13. The molecule has 2 fully saturated rings. The number of nitrogens with zero attached hydrogens (tertiary/aromatic N) is 1. The number of carbonyl (C=O) groups is 2. The van der Waals surface area contributed by atoms with Crippen molar-refractivity contribution in [2.75, 3.05) is 11.4 Å². The molecule has 4 rings (SSSR count). The van der Waals surface area contributed by atoms with E-state index >= 15 is 0 Å². The van der Waals surface area contributed by atoms with Gasteiger partial charge in [-0.25, -0.2) is 4.79 Å². The highest BCUT2D eigenvalue weighted by molar-refractivity contribution is 6.65. The summed E-state index contributed by atoms with van der Waals surface area (Å²) in [6.45, 7) is 8.38. The molecule has 2 aliphatic heterocycles. The lowest BCUT2D eigenvalue weighted by atomic mass is 9.76. The molecule has 136 valence electrons. The summed E-state index contributed by atoms with van der Waals surface area (Å²) >= 11 is 0. The summed E-state index contributed by atoms with van der Waals surface area (Å²) in [6, 6.07) is 5.37. The third-order valence-corrected chi connectivity index (χ3v) is 5.56. The number of carbonyl (C=O) groups excluding carboxylic acids is 2. The molecule has 1 aromatic heterocycles. The molecule has 2 aromatic rings. The van der Waals surface area contributed by atoms with Crippen molar-refractivity contribution in [3.63, 3.8) is 0 Å². The molecule has 0 atom stereocenters. The van der Waals surface area contributed by atoms with Gasteiger partial charge in [0.25, 0.3) is 0 Å². The smallest absolute Gasteiger partial charge is 0.399 e. The number of benzene rings is 1. The third-order valence-electron chi connectivity index (χ3n) is 5.56. The minimum absolute atomic E-state index is 0.251. The number of amides is 3. The second kappa shape index (κ2) is 5.59. The van der Waals surface area contributed by atoms with E-state index in [-0.39, 0.29) is 12.3 Å². The van der Waals surface area contributed by atoms with Gasteiger partial charge >= 0.3 is 13.1 Å². The van der Waals surface area contributed by atoms with Crippen LogP contribution in [0.1, 0.15) is 34.1 Å². The number of aromatic amines is 1. The molecular weight excluding hydrogens is 333 g/mol. The largest absolute Gasteiger partial charge is 0.495 e. The molecule has 3 heterocycles. The first kappa shape index (κ1) is 17.1.